The minimum atomic E-state index is -0.364. The Balaban J connectivity index is 2.01. The summed E-state index contributed by atoms with van der Waals surface area (Å²) >= 11 is 0. The zero-order chi connectivity index (χ0) is 16.2. The highest BCUT2D eigenvalue weighted by atomic mass is 16.5. The van der Waals surface area contributed by atoms with Crippen LogP contribution in [0.2, 0.25) is 0 Å². The van der Waals surface area contributed by atoms with E-state index in [2.05, 4.69) is 56.9 Å². The molecule has 5 heteroatoms. The van der Waals surface area contributed by atoms with Crippen molar-refractivity contribution < 1.29 is 14.1 Å². The Labute approximate surface area is 135 Å². The second-order valence-electron chi connectivity index (χ2n) is 6.78. The van der Waals surface area contributed by atoms with Gasteiger partial charge in [-0.3, -0.25) is 0 Å². The summed E-state index contributed by atoms with van der Waals surface area (Å²) in [6.07, 6.45) is 0. The van der Waals surface area contributed by atoms with Crippen molar-refractivity contribution in [3.05, 3.63) is 24.3 Å². The molecule has 0 saturated carbocycles. The molecular formula is C17H28BNO3. The normalized spacial score (nSPS) is 16.7. The van der Waals surface area contributed by atoms with Gasteiger partial charge in [0.05, 0.1) is 24.4 Å². The van der Waals surface area contributed by atoms with Crippen molar-refractivity contribution >= 4 is 18.6 Å². The number of hydrogen-bond donors (Lipinski definition) is 0. The molecule has 0 radical (unpaired) electrons. The Kier molecular flexibility index (Phi) is 5.53. The molecular weight excluding hydrogens is 277 g/mol. The van der Waals surface area contributed by atoms with Gasteiger partial charge in [0.2, 0.25) is 0 Å². The molecule has 0 unspecified atom stereocenters. The predicted octanol–water partition coefficient (Wildman–Crippen LogP) is 1.72. The van der Waals surface area contributed by atoms with E-state index in [0.29, 0.717) is 7.48 Å². The van der Waals surface area contributed by atoms with Crippen LogP contribution in [-0.4, -0.2) is 52.1 Å². The summed E-state index contributed by atoms with van der Waals surface area (Å²) in [7, 11) is 2.31. The molecule has 1 saturated heterocycles. The maximum absolute atomic E-state index is 6.15. The van der Waals surface area contributed by atoms with Crippen molar-refractivity contribution in [1.82, 2.24) is 0 Å². The van der Waals surface area contributed by atoms with Gasteiger partial charge in [-0.25, -0.2) is 0 Å². The maximum atomic E-state index is 6.15. The van der Waals surface area contributed by atoms with Crippen LogP contribution >= 0.6 is 0 Å². The first-order valence-corrected chi connectivity index (χ1v) is 7.96. The van der Waals surface area contributed by atoms with Crippen LogP contribution in [-0.2, 0) is 14.1 Å². The second-order valence-corrected chi connectivity index (χ2v) is 6.78. The van der Waals surface area contributed by atoms with Gasteiger partial charge in [0.25, 0.3) is 0 Å². The number of benzene rings is 1. The van der Waals surface area contributed by atoms with E-state index < -0.39 is 0 Å². The smallest absolute Gasteiger partial charge is 0.309 e. The van der Waals surface area contributed by atoms with E-state index >= 15 is 0 Å². The van der Waals surface area contributed by atoms with Crippen molar-refractivity contribution in [2.75, 3.05) is 38.3 Å². The van der Waals surface area contributed by atoms with E-state index in [0.717, 1.165) is 26.3 Å². The summed E-state index contributed by atoms with van der Waals surface area (Å²) in [5.41, 5.74) is 1.73. The number of ether oxygens (including phenoxy) is 2. The Hall–Kier alpha value is -1.04. The largest absolute Gasteiger partial charge is 0.427 e. The SMILES string of the molecule is COC(C)(C)C(C)(C)OBc1cccc(N2CCOCC2)c1. The standard InChI is InChI=1S/C17H28BNO3/c1-16(2,20-5)17(3,4)22-18-14-7-6-8-15(13-14)19-9-11-21-12-10-19/h6-8,13,18H,9-12H2,1-5H3. The number of rotatable bonds is 6. The maximum Gasteiger partial charge on any atom is 0.309 e. The van der Waals surface area contributed by atoms with Gasteiger partial charge in [0, 0.05) is 25.9 Å². The van der Waals surface area contributed by atoms with E-state index in [4.69, 9.17) is 14.1 Å². The van der Waals surface area contributed by atoms with Gasteiger partial charge in [0.15, 0.2) is 0 Å². The van der Waals surface area contributed by atoms with E-state index in [1.165, 1.54) is 11.2 Å². The first kappa shape index (κ1) is 17.3. The molecule has 0 spiro atoms. The van der Waals surface area contributed by atoms with E-state index in [1.807, 2.05) is 0 Å². The van der Waals surface area contributed by atoms with Crippen LogP contribution in [0, 0.1) is 0 Å². The molecule has 1 aliphatic heterocycles. The summed E-state index contributed by atoms with van der Waals surface area (Å²) in [6.45, 7) is 11.8. The van der Waals surface area contributed by atoms with Crippen molar-refractivity contribution in [3.63, 3.8) is 0 Å². The first-order valence-electron chi connectivity index (χ1n) is 7.96. The molecule has 1 fully saturated rings. The lowest BCUT2D eigenvalue weighted by Gasteiger charge is -2.40. The van der Waals surface area contributed by atoms with E-state index in [1.54, 1.807) is 7.11 Å². The molecule has 2 rings (SSSR count). The molecule has 122 valence electrons. The van der Waals surface area contributed by atoms with Crippen LogP contribution in [0.5, 0.6) is 0 Å². The molecule has 22 heavy (non-hydrogen) atoms. The molecule has 0 atom stereocenters. The molecule has 1 aromatic rings. The molecule has 0 bridgehead atoms. The van der Waals surface area contributed by atoms with Gasteiger partial charge in [-0.15, -0.1) is 0 Å². The van der Waals surface area contributed by atoms with Crippen LogP contribution in [0.15, 0.2) is 24.3 Å². The fourth-order valence-corrected chi connectivity index (χ4v) is 2.35. The lowest BCUT2D eigenvalue weighted by molar-refractivity contribution is -0.114. The minimum Gasteiger partial charge on any atom is -0.427 e. The Morgan fingerprint density at radius 2 is 1.77 bits per heavy atom. The quantitative estimate of drug-likeness (QED) is 0.749. The van der Waals surface area contributed by atoms with Gasteiger partial charge in [-0.1, -0.05) is 17.6 Å². The highest BCUT2D eigenvalue weighted by Gasteiger charge is 2.37. The van der Waals surface area contributed by atoms with Gasteiger partial charge in [-0.2, -0.15) is 0 Å². The number of anilines is 1. The number of hydrogen-bond acceptors (Lipinski definition) is 4. The third-order valence-corrected chi connectivity index (χ3v) is 4.85. The molecule has 4 nitrogen and oxygen atoms in total. The van der Waals surface area contributed by atoms with Crippen LogP contribution in [0.1, 0.15) is 27.7 Å². The van der Waals surface area contributed by atoms with Crippen LogP contribution in [0.25, 0.3) is 0 Å². The minimum absolute atomic E-state index is 0.338. The highest BCUT2D eigenvalue weighted by molar-refractivity contribution is 6.47. The summed E-state index contributed by atoms with van der Waals surface area (Å²) in [6, 6.07) is 8.57. The highest BCUT2D eigenvalue weighted by Crippen LogP contribution is 2.27. The lowest BCUT2D eigenvalue weighted by atomic mass is 9.82. The number of methoxy groups -OCH3 is 1. The first-order chi connectivity index (χ1) is 10.4. The lowest BCUT2D eigenvalue weighted by Crippen LogP contribution is -2.50. The second kappa shape index (κ2) is 7.03. The average molecular weight is 305 g/mol. The number of morpholine rings is 1. The van der Waals surface area contributed by atoms with Gasteiger partial charge >= 0.3 is 7.48 Å². The third kappa shape index (κ3) is 4.03. The van der Waals surface area contributed by atoms with E-state index in [-0.39, 0.29) is 11.2 Å². The summed E-state index contributed by atoms with van der Waals surface area (Å²) in [4.78, 5) is 2.36. The van der Waals surface area contributed by atoms with Crippen LogP contribution in [0.3, 0.4) is 0 Å². The Morgan fingerprint density at radius 1 is 1.09 bits per heavy atom. The fourth-order valence-electron chi connectivity index (χ4n) is 2.35. The molecule has 0 aliphatic carbocycles. The van der Waals surface area contributed by atoms with Crippen LogP contribution in [0.4, 0.5) is 5.69 Å². The van der Waals surface area contributed by atoms with Crippen molar-refractivity contribution in [1.29, 1.82) is 0 Å². The fraction of sp³-hybridized carbons (Fsp3) is 0.647. The predicted molar refractivity (Wildman–Crippen MR) is 92.5 cm³/mol. The Bertz CT molecular complexity index is 485. The molecule has 1 heterocycles. The van der Waals surface area contributed by atoms with E-state index in [9.17, 15) is 0 Å². The molecule has 1 aliphatic rings. The summed E-state index contributed by atoms with van der Waals surface area (Å²) in [5.74, 6) is 0. The zero-order valence-corrected chi connectivity index (χ0v) is 14.5. The third-order valence-electron chi connectivity index (χ3n) is 4.85. The Morgan fingerprint density at radius 3 is 2.41 bits per heavy atom. The van der Waals surface area contributed by atoms with Gasteiger partial charge in [0.1, 0.15) is 0 Å². The van der Waals surface area contributed by atoms with Crippen LogP contribution < -0.4 is 10.4 Å². The van der Waals surface area contributed by atoms with Gasteiger partial charge in [-0.05, 0) is 39.8 Å². The molecule has 1 aromatic carbocycles. The van der Waals surface area contributed by atoms with Crippen molar-refractivity contribution in [3.8, 4) is 0 Å². The monoisotopic (exact) mass is 305 g/mol. The topological polar surface area (TPSA) is 30.9 Å². The average Bonchev–Trinajstić information content (AvgIpc) is 2.54. The summed E-state index contributed by atoms with van der Waals surface area (Å²) < 4.78 is 17.1. The van der Waals surface area contributed by atoms with Crippen molar-refractivity contribution in [2.24, 2.45) is 0 Å². The number of nitrogens with zero attached hydrogens (tertiary/aromatic N) is 1. The molecule has 0 amide bonds. The molecule has 0 N–H and O–H groups in total. The zero-order valence-electron chi connectivity index (χ0n) is 14.5. The summed E-state index contributed by atoms with van der Waals surface area (Å²) in [5, 5.41) is 0. The van der Waals surface area contributed by atoms with Crippen molar-refractivity contribution in [2.45, 2.75) is 38.9 Å². The van der Waals surface area contributed by atoms with Gasteiger partial charge < -0.3 is 19.0 Å². The molecule has 0 aromatic heterocycles.